The smallest absolute Gasteiger partial charge is 0.193 e. The minimum absolute atomic E-state index is 0.910. The molecular formula is C18H34N4S. The van der Waals surface area contributed by atoms with Crippen molar-refractivity contribution in [1.29, 1.82) is 0 Å². The molecule has 1 heterocycles. The SMILES string of the molecule is CCNC(=NCCCCN(CC)CC)N(C)CCc1cccs1. The third-order valence-electron chi connectivity index (χ3n) is 4.01. The van der Waals surface area contributed by atoms with Gasteiger partial charge in [0.25, 0.3) is 0 Å². The van der Waals surface area contributed by atoms with E-state index in [0.717, 1.165) is 51.5 Å². The molecule has 132 valence electrons. The molecule has 1 aromatic heterocycles. The van der Waals surface area contributed by atoms with Gasteiger partial charge in [0.05, 0.1) is 0 Å². The maximum atomic E-state index is 4.78. The first-order valence-electron chi connectivity index (χ1n) is 8.95. The summed E-state index contributed by atoms with van der Waals surface area (Å²) in [5, 5.41) is 5.55. The molecule has 0 spiro atoms. The van der Waals surface area contributed by atoms with Crippen LogP contribution in [0.15, 0.2) is 22.5 Å². The number of rotatable bonds is 11. The minimum atomic E-state index is 0.910. The topological polar surface area (TPSA) is 30.9 Å². The molecule has 0 amide bonds. The van der Waals surface area contributed by atoms with Gasteiger partial charge in [0.2, 0.25) is 0 Å². The third kappa shape index (κ3) is 8.37. The van der Waals surface area contributed by atoms with E-state index >= 15 is 0 Å². The molecule has 1 rings (SSSR count). The van der Waals surface area contributed by atoms with Gasteiger partial charge in [-0.1, -0.05) is 19.9 Å². The first-order chi connectivity index (χ1) is 11.2. The molecule has 0 atom stereocenters. The average molecular weight is 339 g/mol. The van der Waals surface area contributed by atoms with Gasteiger partial charge in [-0.3, -0.25) is 4.99 Å². The lowest BCUT2D eigenvalue weighted by Gasteiger charge is -2.22. The van der Waals surface area contributed by atoms with Crippen molar-refractivity contribution < 1.29 is 0 Å². The van der Waals surface area contributed by atoms with Gasteiger partial charge in [-0.2, -0.15) is 0 Å². The van der Waals surface area contributed by atoms with Crippen molar-refractivity contribution in [1.82, 2.24) is 15.1 Å². The Morgan fingerprint density at radius 1 is 1.17 bits per heavy atom. The van der Waals surface area contributed by atoms with Gasteiger partial charge in [0.15, 0.2) is 5.96 Å². The second kappa shape index (κ2) is 12.4. The fraction of sp³-hybridized carbons (Fsp3) is 0.722. The summed E-state index contributed by atoms with van der Waals surface area (Å²) < 4.78 is 0. The summed E-state index contributed by atoms with van der Waals surface area (Å²) in [6, 6.07) is 4.32. The minimum Gasteiger partial charge on any atom is -0.357 e. The summed E-state index contributed by atoms with van der Waals surface area (Å²) in [6.45, 7) is 12.9. The van der Waals surface area contributed by atoms with E-state index in [4.69, 9.17) is 4.99 Å². The molecular weight excluding hydrogens is 304 g/mol. The molecule has 1 aromatic rings. The van der Waals surface area contributed by atoms with Crippen molar-refractivity contribution in [3.8, 4) is 0 Å². The zero-order chi connectivity index (χ0) is 16.9. The van der Waals surface area contributed by atoms with Crippen LogP contribution in [0.2, 0.25) is 0 Å². The molecule has 0 saturated carbocycles. The first kappa shape index (κ1) is 20.0. The Kier molecular flexibility index (Phi) is 10.7. The number of unbranched alkanes of at least 4 members (excludes halogenated alkanes) is 1. The molecule has 0 unspecified atom stereocenters. The summed E-state index contributed by atoms with van der Waals surface area (Å²) in [5.74, 6) is 1.03. The highest BCUT2D eigenvalue weighted by atomic mass is 32.1. The Morgan fingerprint density at radius 2 is 1.96 bits per heavy atom. The number of aliphatic imine (C=N–C) groups is 1. The monoisotopic (exact) mass is 338 g/mol. The lowest BCUT2D eigenvalue weighted by atomic mass is 10.3. The Hall–Kier alpha value is -1.07. The molecule has 4 nitrogen and oxygen atoms in total. The van der Waals surface area contributed by atoms with Crippen molar-refractivity contribution in [2.24, 2.45) is 4.99 Å². The Balaban J connectivity index is 2.33. The number of thiophene rings is 1. The number of hydrogen-bond acceptors (Lipinski definition) is 3. The van der Waals surface area contributed by atoms with Crippen LogP contribution < -0.4 is 5.32 Å². The van der Waals surface area contributed by atoms with E-state index < -0.39 is 0 Å². The summed E-state index contributed by atoms with van der Waals surface area (Å²) >= 11 is 1.83. The van der Waals surface area contributed by atoms with Gasteiger partial charge < -0.3 is 15.1 Å². The molecule has 0 bridgehead atoms. The van der Waals surface area contributed by atoms with Gasteiger partial charge in [0.1, 0.15) is 0 Å². The van der Waals surface area contributed by atoms with Crippen LogP contribution in [-0.4, -0.2) is 62.1 Å². The van der Waals surface area contributed by atoms with E-state index in [9.17, 15) is 0 Å². The van der Waals surface area contributed by atoms with Gasteiger partial charge >= 0.3 is 0 Å². The van der Waals surface area contributed by atoms with Gasteiger partial charge in [0, 0.05) is 31.6 Å². The van der Waals surface area contributed by atoms with Gasteiger partial charge in [-0.25, -0.2) is 0 Å². The van der Waals surface area contributed by atoms with Gasteiger partial charge in [-0.15, -0.1) is 11.3 Å². The molecule has 0 aliphatic heterocycles. The Morgan fingerprint density at radius 3 is 2.57 bits per heavy atom. The summed E-state index contributed by atoms with van der Waals surface area (Å²) in [6.07, 6.45) is 3.47. The fourth-order valence-electron chi connectivity index (χ4n) is 2.48. The van der Waals surface area contributed by atoms with Crippen LogP contribution in [0.4, 0.5) is 0 Å². The highest BCUT2D eigenvalue weighted by Gasteiger charge is 2.06. The van der Waals surface area contributed by atoms with Crippen molar-refractivity contribution in [3.63, 3.8) is 0 Å². The molecule has 0 fully saturated rings. The second-order valence-electron chi connectivity index (χ2n) is 5.72. The molecule has 0 saturated heterocycles. The van der Waals surface area contributed by atoms with Crippen LogP contribution in [0.5, 0.6) is 0 Å². The molecule has 0 radical (unpaired) electrons. The van der Waals surface area contributed by atoms with E-state index in [-0.39, 0.29) is 0 Å². The van der Waals surface area contributed by atoms with E-state index in [2.05, 4.69) is 60.4 Å². The Bertz CT molecular complexity index is 413. The molecule has 5 heteroatoms. The second-order valence-corrected chi connectivity index (χ2v) is 6.75. The standard InChI is InChI=1S/C18H34N4S/c1-5-19-18(20-13-8-9-14-22(6-2)7-3)21(4)15-12-17-11-10-16-23-17/h10-11,16H,5-9,12-15H2,1-4H3,(H,19,20). The van der Waals surface area contributed by atoms with E-state index in [1.165, 1.54) is 17.8 Å². The van der Waals surface area contributed by atoms with E-state index in [1.54, 1.807) is 0 Å². The highest BCUT2D eigenvalue weighted by molar-refractivity contribution is 7.09. The number of nitrogens with one attached hydrogen (secondary N) is 1. The normalized spacial score (nSPS) is 12.0. The summed E-state index contributed by atoms with van der Waals surface area (Å²) in [7, 11) is 2.13. The van der Waals surface area contributed by atoms with E-state index in [1.807, 2.05) is 11.3 Å². The lowest BCUT2D eigenvalue weighted by Crippen LogP contribution is -2.40. The van der Waals surface area contributed by atoms with Crippen LogP contribution >= 0.6 is 11.3 Å². The number of hydrogen-bond donors (Lipinski definition) is 1. The maximum Gasteiger partial charge on any atom is 0.193 e. The summed E-state index contributed by atoms with van der Waals surface area (Å²) in [4.78, 5) is 10.9. The van der Waals surface area contributed by atoms with Crippen molar-refractivity contribution >= 4 is 17.3 Å². The predicted molar refractivity (Wildman–Crippen MR) is 104 cm³/mol. The molecule has 0 aliphatic carbocycles. The zero-order valence-corrected chi connectivity index (χ0v) is 16.2. The Labute approximate surface area is 146 Å². The lowest BCUT2D eigenvalue weighted by molar-refractivity contribution is 0.297. The third-order valence-corrected chi connectivity index (χ3v) is 4.94. The van der Waals surface area contributed by atoms with Gasteiger partial charge in [-0.05, 0) is 57.3 Å². The van der Waals surface area contributed by atoms with Crippen molar-refractivity contribution in [3.05, 3.63) is 22.4 Å². The fourth-order valence-corrected chi connectivity index (χ4v) is 3.18. The van der Waals surface area contributed by atoms with Crippen LogP contribution in [-0.2, 0) is 6.42 Å². The number of nitrogens with zero attached hydrogens (tertiary/aromatic N) is 3. The van der Waals surface area contributed by atoms with Crippen LogP contribution in [0.25, 0.3) is 0 Å². The highest BCUT2D eigenvalue weighted by Crippen LogP contribution is 2.09. The first-order valence-corrected chi connectivity index (χ1v) is 9.83. The van der Waals surface area contributed by atoms with E-state index in [0.29, 0.717) is 0 Å². The zero-order valence-electron chi connectivity index (χ0n) is 15.3. The van der Waals surface area contributed by atoms with Crippen molar-refractivity contribution in [2.75, 3.05) is 46.3 Å². The van der Waals surface area contributed by atoms with Crippen molar-refractivity contribution in [2.45, 2.75) is 40.0 Å². The quantitative estimate of drug-likeness (QED) is 0.381. The largest absolute Gasteiger partial charge is 0.357 e. The molecule has 1 N–H and O–H groups in total. The molecule has 0 aromatic carbocycles. The summed E-state index contributed by atoms with van der Waals surface area (Å²) in [5.41, 5.74) is 0. The number of likely N-dealkylation sites (N-methyl/N-ethyl adjacent to an activating group) is 1. The molecule has 23 heavy (non-hydrogen) atoms. The maximum absolute atomic E-state index is 4.78. The molecule has 0 aliphatic rings. The number of guanidine groups is 1. The average Bonchev–Trinajstić information content (AvgIpc) is 3.08. The van der Waals surface area contributed by atoms with Crippen LogP contribution in [0.3, 0.4) is 0 Å². The predicted octanol–water partition coefficient (Wildman–Crippen LogP) is 3.31. The van der Waals surface area contributed by atoms with Crippen LogP contribution in [0, 0.1) is 0 Å². The van der Waals surface area contributed by atoms with Crippen LogP contribution in [0.1, 0.15) is 38.5 Å².